The minimum absolute atomic E-state index is 0.617. The van der Waals surface area contributed by atoms with Crippen LogP contribution in [0.3, 0.4) is 0 Å². The maximum atomic E-state index is 5.98. The van der Waals surface area contributed by atoms with Gasteiger partial charge in [-0.25, -0.2) is 4.98 Å². The predicted octanol–water partition coefficient (Wildman–Crippen LogP) is 4.69. The number of rotatable bonds is 6. The minimum Gasteiger partial charge on any atom is -0.438 e. The van der Waals surface area contributed by atoms with E-state index in [1.165, 1.54) is 0 Å². The second kappa shape index (κ2) is 7.57. The fourth-order valence-corrected chi connectivity index (χ4v) is 2.34. The summed E-state index contributed by atoms with van der Waals surface area (Å²) in [5.41, 5.74) is 2.15. The molecule has 1 N–H and O–H groups in total. The van der Waals surface area contributed by atoms with Crippen molar-refractivity contribution < 1.29 is 4.74 Å². The molecule has 0 radical (unpaired) electrons. The lowest BCUT2D eigenvalue weighted by Gasteiger charge is -2.13. The molecule has 0 fully saturated rings. The number of hydrogen-bond donors (Lipinski definition) is 1. The molecule has 2 rings (SSSR count). The summed E-state index contributed by atoms with van der Waals surface area (Å²) >= 11 is 3.47. The molecule has 0 aliphatic heterocycles. The zero-order chi connectivity index (χ0) is 15.2. The van der Waals surface area contributed by atoms with Crippen molar-refractivity contribution in [1.29, 1.82) is 0 Å². The van der Waals surface area contributed by atoms with Gasteiger partial charge in [-0.05, 0) is 53.0 Å². The molecule has 0 unspecified atom stereocenters. The standard InChI is InChI=1S/C17H21BrN2O/c1-12(2)9-19-10-14-8-15(18)11-20-17(14)21-16-7-5-4-6-13(16)3/h4-8,11-12,19H,9-10H2,1-3H3. The van der Waals surface area contributed by atoms with Crippen molar-refractivity contribution in [3.63, 3.8) is 0 Å². The molecule has 0 saturated heterocycles. The van der Waals surface area contributed by atoms with Crippen LogP contribution in [0.1, 0.15) is 25.0 Å². The first-order valence-corrected chi connectivity index (χ1v) is 7.94. The highest BCUT2D eigenvalue weighted by molar-refractivity contribution is 9.10. The summed E-state index contributed by atoms with van der Waals surface area (Å²) < 4.78 is 6.94. The number of ether oxygens (including phenoxy) is 1. The monoisotopic (exact) mass is 348 g/mol. The van der Waals surface area contributed by atoms with Gasteiger partial charge >= 0.3 is 0 Å². The first kappa shape index (κ1) is 16.0. The van der Waals surface area contributed by atoms with Crippen LogP contribution in [0.5, 0.6) is 11.6 Å². The number of benzene rings is 1. The predicted molar refractivity (Wildman–Crippen MR) is 89.7 cm³/mol. The van der Waals surface area contributed by atoms with Crippen molar-refractivity contribution in [1.82, 2.24) is 10.3 Å². The van der Waals surface area contributed by atoms with Gasteiger partial charge in [0.15, 0.2) is 0 Å². The van der Waals surface area contributed by atoms with E-state index in [1.807, 2.05) is 37.3 Å². The molecule has 1 heterocycles. The number of aromatic nitrogens is 1. The van der Waals surface area contributed by atoms with Crippen LogP contribution in [0.2, 0.25) is 0 Å². The maximum Gasteiger partial charge on any atom is 0.223 e. The molecule has 0 saturated carbocycles. The normalized spacial score (nSPS) is 10.9. The third-order valence-electron chi connectivity index (χ3n) is 3.06. The van der Waals surface area contributed by atoms with Gasteiger partial charge in [0.25, 0.3) is 0 Å². The number of para-hydroxylation sites is 1. The molecule has 0 aliphatic carbocycles. The van der Waals surface area contributed by atoms with Gasteiger partial charge in [-0.1, -0.05) is 32.0 Å². The summed E-state index contributed by atoms with van der Waals surface area (Å²) in [5, 5.41) is 3.43. The van der Waals surface area contributed by atoms with Gasteiger partial charge in [-0.2, -0.15) is 0 Å². The first-order chi connectivity index (χ1) is 10.1. The van der Waals surface area contributed by atoms with Crippen LogP contribution in [0.25, 0.3) is 0 Å². The molecule has 3 nitrogen and oxygen atoms in total. The van der Waals surface area contributed by atoms with E-state index in [0.717, 1.165) is 34.4 Å². The van der Waals surface area contributed by atoms with E-state index in [4.69, 9.17) is 4.74 Å². The molecule has 1 aromatic heterocycles. The Bertz CT molecular complexity index is 599. The molecular weight excluding hydrogens is 328 g/mol. The Kier molecular flexibility index (Phi) is 5.76. The van der Waals surface area contributed by atoms with Crippen LogP contribution in [0, 0.1) is 12.8 Å². The van der Waals surface area contributed by atoms with Crippen molar-refractivity contribution in [2.24, 2.45) is 5.92 Å². The van der Waals surface area contributed by atoms with Gasteiger partial charge in [-0.3, -0.25) is 0 Å². The molecule has 4 heteroatoms. The molecule has 1 aromatic carbocycles. The highest BCUT2D eigenvalue weighted by atomic mass is 79.9. The fourth-order valence-electron chi connectivity index (χ4n) is 1.96. The largest absolute Gasteiger partial charge is 0.438 e. The summed E-state index contributed by atoms with van der Waals surface area (Å²) in [6, 6.07) is 10.0. The van der Waals surface area contributed by atoms with Crippen LogP contribution < -0.4 is 10.1 Å². The lowest BCUT2D eigenvalue weighted by atomic mass is 10.2. The quantitative estimate of drug-likeness (QED) is 0.822. The average Bonchev–Trinajstić information content (AvgIpc) is 2.43. The maximum absolute atomic E-state index is 5.98. The third-order valence-corrected chi connectivity index (χ3v) is 3.49. The Balaban J connectivity index is 2.16. The molecule has 0 atom stereocenters. The zero-order valence-electron chi connectivity index (χ0n) is 12.7. The summed E-state index contributed by atoms with van der Waals surface area (Å²) in [6.07, 6.45) is 1.76. The summed E-state index contributed by atoms with van der Waals surface area (Å²) in [5.74, 6) is 2.12. The summed E-state index contributed by atoms with van der Waals surface area (Å²) in [4.78, 5) is 4.40. The van der Waals surface area contributed by atoms with E-state index in [1.54, 1.807) is 6.20 Å². The van der Waals surface area contributed by atoms with Crippen LogP contribution in [-0.2, 0) is 6.54 Å². The summed E-state index contributed by atoms with van der Waals surface area (Å²) in [7, 11) is 0. The van der Waals surface area contributed by atoms with Gasteiger partial charge < -0.3 is 10.1 Å². The number of hydrogen-bond acceptors (Lipinski definition) is 3. The molecule has 0 spiro atoms. The van der Waals surface area contributed by atoms with Crippen molar-refractivity contribution >= 4 is 15.9 Å². The highest BCUT2D eigenvalue weighted by Crippen LogP contribution is 2.27. The van der Waals surface area contributed by atoms with E-state index >= 15 is 0 Å². The Hall–Kier alpha value is -1.39. The second-order valence-corrected chi connectivity index (χ2v) is 6.43. The van der Waals surface area contributed by atoms with Crippen LogP contribution in [0.15, 0.2) is 41.0 Å². The van der Waals surface area contributed by atoms with Gasteiger partial charge in [0.05, 0.1) is 0 Å². The number of aryl methyl sites for hydroxylation is 1. The first-order valence-electron chi connectivity index (χ1n) is 7.15. The van der Waals surface area contributed by atoms with Crippen molar-refractivity contribution in [2.75, 3.05) is 6.54 Å². The van der Waals surface area contributed by atoms with Crippen LogP contribution >= 0.6 is 15.9 Å². The Morgan fingerprint density at radius 3 is 2.76 bits per heavy atom. The number of pyridine rings is 1. The second-order valence-electron chi connectivity index (χ2n) is 5.51. The van der Waals surface area contributed by atoms with Crippen molar-refractivity contribution in [2.45, 2.75) is 27.3 Å². The third kappa shape index (κ3) is 4.83. The topological polar surface area (TPSA) is 34.1 Å². The van der Waals surface area contributed by atoms with E-state index < -0.39 is 0 Å². The summed E-state index contributed by atoms with van der Waals surface area (Å²) in [6.45, 7) is 8.13. The molecule has 21 heavy (non-hydrogen) atoms. The van der Waals surface area contributed by atoms with Gasteiger partial charge in [0.1, 0.15) is 5.75 Å². The fraction of sp³-hybridized carbons (Fsp3) is 0.353. The van der Waals surface area contributed by atoms with Gasteiger partial charge in [0, 0.05) is 22.8 Å². The Morgan fingerprint density at radius 1 is 1.29 bits per heavy atom. The zero-order valence-corrected chi connectivity index (χ0v) is 14.3. The Labute approximate surface area is 134 Å². The van der Waals surface area contributed by atoms with Crippen LogP contribution in [-0.4, -0.2) is 11.5 Å². The smallest absolute Gasteiger partial charge is 0.223 e. The SMILES string of the molecule is Cc1ccccc1Oc1ncc(Br)cc1CNCC(C)C. The molecular formula is C17H21BrN2O. The van der Waals surface area contributed by atoms with Gasteiger partial charge in [0.2, 0.25) is 5.88 Å². The lowest BCUT2D eigenvalue weighted by Crippen LogP contribution is -2.19. The molecule has 2 aromatic rings. The van der Waals surface area contributed by atoms with E-state index in [9.17, 15) is 0 Å². The molecule has 0 aliphatic rings. The van der Waals surface area contributed by atoms with Gasteiger partial charge in [-0.15, -0.1) is 0 Å². The van der Waals surface area contributed by atoms with E-state index in [0.29, 0.717) is 11.8 Å². The van der Waals surface area contributed by atoms with E-state index in [2.05, 4.69) is 40.1 Å². The van der Waals surface area contributed by atoms with E-state index in [-0.39, 0.29) is 0 Å². The lowest BCUT2D eigenvalue weighted by molar-refractivity contribution is 0.447. The highest BCUT2D eigenvalue weighted by Gasteiger charge is 2.09. The minimum atomic E-state index is 0.617. The van der Waals surface area contributed by atoms with Crippen LogP contribution in [0.4, 0.5) is 0 Å². The number of halogens is 1. The van der Waals surface area contributed by atoms with Crippen molar-refractivity contribution in [3.05, 3.63) is 52.1 Å². The number of nitrogens with one attached hydrogen (secondary N) is 1. The molecule has 0 amide bonds. The average molecular weight is 349 g/mol. The molecule has 112 valence electrons. The molecule has 0 bridgehead atoms. The van der Waals surface area contributed by atoms with Crippen molar-refractivity contribution in [3.8, 4) is 11.6 Å². The Morgan fingerprint density at radius 2 is 2.05 bits per heavy atom. The number of nitrogens with zero attached hydrogens (tertiary/aromatic N) is 1.